The molecule has 2 saturated heterocycles. The number of carbonyl (C=O) groups is 3. The summed E-state index contributed by atoms with van der Waals surface area (Å²) in [5, 5.41) is 2.83. The lowest BCUT2D eigenvalue weighted by Gasteiger charge is -2.58. The first-order valence-corrected chi connectivity index (χ1v) is 11.6. The Hall–Kier alpha value is -3.56. The number of amides is 3. The summed E-state index contributed by atoms with van der Waals surface area (Å²) >= 11 is 0. The number of nitrogens with one attached hydrogen (secondary N) is 1. The molecule has 34 heavy (non-hydrogen) atoms. The quantitative estimate of drug-likeness (QED) is 0.513. The molecule has 1 N–H and O–H groups in total. The zero-order chi connectivity index (χ0) is 24.3. The van der Waals surface area contributed by atoms with Gasteiger partial charge in [0.15, 0.2) is 0 Å². The fourth-order valence-corrected chi connectivity index (χ4v) is 4.91. The minimum absolute atomic E-state index is 0.00921. The van der Waals surface area contributed by atoms with Crippen LogP contribution < -0.4 is 10.2 Å². The molecule has 180 valence electrons. The highest BCUT2D eigenvalue weighted by molar-refractivity contribution is 6.06. The van der Waals surface area contributed by atoms with Crippen LogP contribution in [0.2, 0.25) is 0 Å². The number of methoxy groups -OCH3 is 1. The molecule has 0 radical (unpaired) electrons. The highest BCUT2D eigenvalue weighted by Crippen LogP contribution is 2.56. The second-order valence-corrected chi connectivity index (χ2v) is 8.91. The maximum atomic E-state index is 13.5. The second-order valence-electron chi connectivity index (χ2n) is 8.91. The Morgan fingerprint density at radius 1 is 1.24 bits per heavy atom. The molecule has 0 saturated carbocycles. The third kappa shape index (κ3) is 4.08. The van der Waals surface area contributed by atoms with Crippen LogP contribution >= 0.6 is 0 Å². The van der Waals surface area contributed by atoms with E-state index >= 15 is 0 Å². The number of likely N-dealkylation sites (tertiary alicyclic amines) is 1. The molecule has 3 atom stereocenters. The standard InChI is InChI=1S/C24H30N6O4/c1-4-16(2)19(21(31)34-3)28-23(33)29-11-8-24(9-12-29)20(18-7-5-6-10-27-18)30(22(24)32)17-13-25-15-26-14-17/h5-7,10,13-16,19-20H,4,8-9,11-12H2,1-3H3,(H,28,33)/t16-,19-,20?/m1/s1. The predicted octanol–water partition coefficient (Wildman–Crippen LogP) is 2.34. The van der Waals surface area contributed by atoms with Crippen molar-refractivity contribution in [3.05, 3.63) is 48.8 Å². The van der Waals surface area contributed by atoms with Crippen LogP contribution in [0.15, 0.2) is 43.1 Å². The molecule has 0 bridgehead atoms. The van der Waals surface area contributed by atoms with E-state index in [4.69, 9.17) is 4.74 Å². The van der Waals surface area contributed by atoms with Gasteiger partial charge in [-0.2, -0.15) is 0 Å². The van der Waals surface area contributed by atoms with E-state index in [1.165, 1.54) is 13.4 Å². The van der Waals surface area contributed by atoms with Gasteiger partial charge in [0.25, 0.3) is 0 Å². The second kappa shape index (κ2) is 9.74. The number of urea groups is 1. The van der Waals surface area contributed by atoms with Crippen LogP contribution in [0.1, 0.15) is 44.8 Å². The van der Waals surface area contributed by atoms with Crippen molar-refractivity contribution in [2.45, 2.75) is 45.2 Å². The van der Waals surface area contributed by atoms with Gasteiger partial charge >= 0.3 is 12.0 Å². The normalized spacial score (nSPS) is 20.9. The maximum absolute atomic E-state index is 13.5. The van der Waals surface area contributed by atoms with E-state index < -0.39 is 17.4 Å². The average Bonchev–Trinajstić information content (AvgIpc) is 2.89. The molecule has 2 aromatic heterocycles. The summed E-state index contributed by atoms with van der Waals surface area (Å²) in [6.45, 7) is 4.66. The van der Waals surface area contributed by atoms with Crippen LogP contribution in [-0.4, -0.2) is 64.0 Å². The molecular weight excluding hydrogens is 436 g/mol. The molecule has 2 aliphatic rings. The number of nitrogens with zero attached hydrogens (tertiary/aromatic N) is 5. The van der Waals surface area contributed by atoms with Gasteiger partial charge in [0.1, 0.15) is 12.4 Å². The summed E-state index contributed by atoms with van der Waals surface area (Å²) in [5.41, 5.74) is 0.772. The van der Waals surface area contributed by atoms with Gasteiger partial charge < -0.3 is 15.0 Å². The minimum Gasteiger partial charge on any atom is -0.467 e. The van der Waals surface area contributed by atoms with Crippen LogP contribution in [0, 0.1) is 11.3 Å². The highest BCUT2D eigenvalue weighted by Gasteiger charge is 2.63. The van der Waals surface area contributed by atoms with Crippen molar-refractivity contribution >= 4 is 23.6 Å². The highest BCUT2D eigenvalue weighted by atomic mass is 16.5. The van der Waals surface area contributed by atoms with Crippen molar-refractivity contribution in [2.24, 2.45) is 11.3 Å². The largest absolute Gasteiger partial charge is 0.467 e. The number of piperidine rings is 1. The van der Waals surface area contributed by atoms with E-state index in [9.17, 15) is 14.4 Å². The molecule has 3 amide bonds. The van der Waals surface area contributed by atoms with E-state index in [0.717, 1.165) is 12.1 Å². The summed E-state index contributed by atoms with van der Waals surface area (Å²) in [6, 6.07) is 4.37. The Labute approximate surface area is 198 Å². The molecule has 2 fully saturated rings. The van der Waals surface area contributed by atoms with E-state index in [-0.39, 0.29) is 23.9 Å². The van der Waals surface area contributed by atoms with E-state index in [1.807, 2.05) is 32.0 Å². The lowest BCUT2D eigenvalue weighted by molar-refractivity contribution is -0.144. The van der Waals surface area contributed by atoms with E-state index in [2.05, 4.69) is 20.3 Å². The topological polar surface area (TPSA) is 118 Å². The summed E-state index contributed by atoms with van der Waals surface area (Å²) in [6.07, 6.45) is 8.11. The van der Waals surface area contributed by atoms with Gasteiger partial charge in [-0.05, 0) is 30.9 Å². The van der Waals surface area contributed by atoms with Crippen LogP contribution in [0.25, 0.3) is 0 Å². The van der Waals surface area contributed by atoms with Gasteiger partial charge in [0.2, 0.25) is 5.91 Å². The van der Waals surface area contributed by atoms with Gasteiger partial charge in [-0.3, -0.25) is 14.7 Å². The van der Waals surface area contributed by atoms with Crippen molar-refractivity contribution in [3.63, 3.8) is 0 Å². The SMILES string of the molecule is CC[C@@H](C)[C@@H](NC(=O)N1CCC2(CC1)C(=O)N(c1cncnc1)C2c1ccccn1)C(=O)OC. The fraction of sp³-hybridized carbons (Fsp3) is 0.500. The van der Waals surface area contributed by atoms with Crippen molar-refractivity contribution in [2.75, 3.05) is 25.1 Å². The zero-order valence-electron chi connectivity index (χ0n) is 19.7. The maximum Gasteiger partial charge on any atom is 0.328 e. The van der Waals surface area contributed by atoms with Gasteiger partial charge in [0.05, 0.1) is 42.3 Å². The van der Waals surface area contributed by atoms with Gasteiger partial charge in [-0.15, -0.1) is 0 Å². The third-order valence-corrected chi connectivity index (χ3v) is 7.11. The molecule has 4 heterocycles. The molecule has 10 heteroatoms. The molecule has 10 nitrogen and oxygen atoms in total. The summed E-state index contributed by atoms with van der Waals surface area (Å²) in [7, 11) is 1.32. The predicted molar refractivity (Wildman–Crippen MR) is 124 cm³/mol. The average molecular weight is 467 g/mol. The van der Waals surface area contributed by atoms with E-state index in [0.29, 0.717) is 31.6 Å². The van der Waals surface area contributed by atoms with Crippen molar-refractivity contribution < 1.29 is 19.1 Å². The van der Waals surface area contributed by atoms with Crippen molar-refractivity contribution in [1.82, 2.24) is 25.2 Å². The number of rotatable bonds is 6. The Kier molecular flexibility index (Phi) is 6.76. The summed E-state index contributed by atoms with van der Waals surface area (Å²) in [4.78, 5) is 54.7. The lowest BCUT2D eigenvalue weighted by atomic mass is 9.63. The Balaban J connectivity index is 1.51. The van der Waals surface area contributed by atoms with Crippen LogP contribution in [0.4, 0.5) is 10.5 Å². The Morgan fingerprint density at radius 2 is 1.94 bits per heavy atom. The molecule has 0 aromatic carbocycles. The number of aromatic nitrogens is 3. The first-order chi connectivity index (χ1) is 16.4. The molecular formula is C24H30N6O4. The number of carbonyl (C=O) groups excluding carboxylic acids is 3. The number of hydrogen-bond donors (Lipinski definition) is 1. The number of esters is 1. The third-order valence-electron chi connectivity index (χ3n) is 7.11. The molecule has 2 aliphatic heterocycles. The first kappa shape index (κ1) is 23.6. The summed E-state index contributed by atoms with van der Waals surface area (Å²) < 4.78 is 4.87. The van der Waals surface area contributed by atoms with E-state index in [1.54, 1.807) is 28.4 Å². The van der Waals surface area contributed by atoms with Crippen molar-refractivity contribution in [1.29, 1.82) is 0 Å². The summed E-state index contributed by atoms with van der Waals surface area (Å²) in [5.74, 6) is -0.526. The number of anilines is 1. The van der Waals surface area contributed by atoms with Gasteiger partial charge in [-0.25, -0.2) is 19.6 Å². The minimum atomic E-state index is -0.710. The number of ether oxygens (including phenoxy) is 1. The first-order valence-electron chi connectivity index (χ1n) is 11.6. The Bertz CT molecular complexity index is 1030. The Morgan fingerprint density at radius 3 is 2.53 bits per heavy atom. The smallest absolute Gasteiger partial charge is 0.328 e. The zero-order valence-corrected chi connectivity index (χ0v) is 19.7. The van der Waals surface area contributed by atoms with Crippen LogP contribution in [-0.2, 0) is 14.3 Å². The lowest BCUT2D eigenvalue weighted by Crippen LogP contribution is -2.67. The number of hydrogen-bond acceptors (Lipinski definition) is 7. The van der Waals surface area contributed by atoms with Gasteiger partial charge in [-0.1, -0.05) is 26.3 Å². The van der Waals surface area contributed by atoms with Crippen LogP contribution in [0.3, 0.4) is 0 Å². The molecule has 1 unspecified atom stereocenters. The number of pyridine rings is 1. The van der Waals surface area contributed by atoms with Crippen molar-refractivity contribution in [3.8, 4) is 0 Å². The number of β-lactam (4-membered cyclic amide) rings is 1. The molecule has 4 rings (SSSR count). The fourth-order valence-electron chi connectivity index (χ4n) is 4.91. The molecule has 0 aliphatic carbocycles. The molecule has 1 spiro atoms. The van der Waals surface area contributed by atoms with Crippen LogP contribution in [0.5, 0.6) is 0 Å². The van der Waals surface area contributed by atoms with Gasteiger partial charge in [0, 0.05) is 19.3 Å². The monoisotopic (exact) mass is 466 g/mol. The molecule has 2 aromatic rings.